The van der Waals surface area contributed by atoms with E-state index in [1.54, 1.807) is 23.2 Å². The van der Waals surface area contributed by atoms with Gasteiger partial charge in [-0.05, 0) is 81.6 Å². The Bertz CT molecular complexity index is 1240. The highest BCUT2D eigenvalue weighted by Crippen LogP contribution is 2.33. The number of amides is 2. The van der Waals surface area contributed by atoms with E-state index in [1.807, 2.05) is 12.1 Å². The zero-order valence-electron chi connectivity index (χ0n) is 21.1. The number of likely N-dealkylation sites (tertiary alicyclic amines) is 2. The molecule has 8 heteroatoms. The summed E-state index contributed by atoms with van der Waals surface area (Å²) in [6, 6.07) is 10.9. The standard InChI is InChI=1S/C28H35FN6O/c1-18(19-9-12-34(2)13-10-19)24-7-6-21-16-31-27(15-26(21)32-24)33-25-8-5-20(14-23(25)29)22-4-3-11-35(17-22)28(30)36/h5-8,14-16,18-19,22H,3-4,9-13,17H2,1-2H3,(H2,30,36)(H,31,33)/t18-,22+/m1/s1. The van der Waals surface area contributed by atoms with Gasteiger partial charge in [0.15, 0.2) is 0 Å². The van der Waals surface area contributed by atoms with Crippen molar-refractivity contribution in [3.05, 3.63) is 59.7 Å². The van der Waals surface area contributed by atoms with Crippen LogP contribution in [0.25, 0.3) is 10.9 Å². The number of hydrogen-bond acceptors (Lipinski definition) is 5. The fourth-order valence-electron chi connectivity index (χ4n) is 5.60. The first kappa shape index (κ1) is 24.4. The summed E-state index contributed by atoms with van der Waals surface area (Å²) in [5.41, 5.74) is 8.65. The lowest BCUT2D eigenvalue weighted by atomic mass is 9.83. The van der Waals surface area contributed by atoms with E-state index in [4.69, 9.17) is 10.7 Å². The van der Waals surface area contributed by atoms with Gasteiger partial charge in [-0.2, -0.15) is 0 Å². The number of aromatic nitrogens is 2. The topological polar surface area (TPSA) is 87.4 Å². The second-order valence-corrected chi connectivity index (χ2v) is 10.4. The van der Waals surface area contributed by atoms with Crippen molar-refractivity contribution >= 4 is 28.4 Å². The summed E-state index contributed by atoms with van der Waals surface area (Å²) in [6.45, 7) is 5.73. The van der Waals surface area contributed by atoms with Crippen LogP contribution < -0.4 is 11.1 Å². The minimum atomic E-state index is -0.418. The minimum Gasteiger partial charge on any atom is -0.351 e. The Morgan fingerprint density at radius 3 is 2.69 bits per heavy atom. The summed E-state index contributed by atoms with van der Waals surface area (Å²) < 4.78 is 15.0. The van der Waals surface area contributed by atoms with Gasteiger partial charge in [0, 0.05) is 48.3 Å². The normalized spacial score (nSPS) is 20.4. The predicted molar refractivity (Wildman–Crippen MR) is 141 cm³/mol. The molecule has 2 saturated heterocycles. The van der Waals surface area contributed by atoms with Gasteiger partial charge in [0.05, 0.1) is 11.2 Å². The molecule has 0 aliphatic carbocycles. The Morgan fingerprint density at radius 1 is 1.14 bits per heavy atom. The molecule has 4 heterocycles. The maximum Gasteiger partial charge on any atom is 0.314 e. The van der Waals surface area contributed by atoms with Crippen LogP contribution in [0.15, 0.2) is 42.6 Å². The summed E-state index contributed by atoms with van der Waals surface area (Å²) in [4.78, 5) is 25.0. The lowest BCUT2D eigenvalue weighted by Crippen LogP contribution is -2.42. The summed E-state index contributed by atoms with van der Waals surface area (Å²) in [6.07, 6.45) is 5.93. The molecule has 3 N–H and O–H groups in total. The molecule has 0 unspecified atom stereocenters. The number of piperidine rings is 2. The van der Waals surface area contributed by atoms with E-state index in [9.17, 15) is 4.79 Å². The van der Waals surface area contributed by atoms with Crippen LogP contribution in [0, 0.1) is 11.7 Å². The maximum atomic E-state index is 15.0. The molecule has 5 rings (SSSR count). The van der Waals surface area contributed by atoms with Crippen molar-refractivity contribution in [3.8, 4) is 0 Å². The molecule has 2 aliphatic heterocycles. The molecule has 2 atom stereocenters. The van der Waals surface area contributed by atoms with Gasteiger partial charge in [-0.3, -0.25) is 4.98 Å². The molecule has 7 nitrogen and oxygen atoms in total. The molecule has 0 radical (unpaired) electrons. The van der Waals surface area contributed by atoms with Crippen LogP contribution >= 0.6 is 0 Å². The van der Waals surface area contributed by atoms with Crippen molar-refractivity contribution in [1.29, 1.82) is 0 Å². The van der Waals surface area contributed by atoms with Crippen molar-refractivity contribution in [3.63, 3.8) is 0 Å². The first-order chi connectivity index (χ1) is 17.4. The summed E-state index contributed by atoms with van der Waals surface area (Å²) >= 11 is 0. The van der Waals surface area contributed by atoms with Crippen LogP contribution in [0.4, 0.5) is 20.7 Å². The number of hydrogen-bond donors (Lipinski definition) is 2. The third kappa shape index (κ3) is 5.28. The Kier molecular flexibility index (Phi) is 7.05. The van der Waals surface area contributed by atoms with Gasteiger partial charge < -0.3 is 20.9 Å². The molecule has 2 aromatic heterocycles. The van der Waals surface area contributed by atoms with Crippen molar-refractivity contribution < 1.29 is 9.18 Å². The third-order valence-corrected chi connectivity index (χ3v) is 7.99. The lowest BCUT2D eigenvalue weighted by molar-refractivity contribution is 0.189. The molecule has 0 spiro atoms. The van der Waals surface area contributed by atoms with E-state index in [0.29, 0.717) is 36.4 Å². The summed E-state index contributed by atoms with van der Waals surface area (Å²) in [5, 5.41) is 4.09. The molecule has 2 fully saturated rings. The Morgan fingerprint density at radius 2 is 1.94 bits per heavy atom. The van der Waals surface area contributed by atoms with Gasteiger partial charge in [0.25, 0.3) is 0 Å². The smallest absolute Gasteiger partial charge is 0.314 e. The van der Waals surface area contributed by atoms with Crippen LogP contribution in [-0.4, -0.2) is 59.0 Å². The zero-order valence-corrected chi connectivity index (χ0v) is 21.1. The number of primary amides is 1. The number of carbonyl (C=O) groups is 1. The number of urea groups is 1. The van der Waals surface area contributed by atoms with Gasteiger partial charge in [-0.1, -0.05) is 13.0 Å². The van der Waals surface area contributed by atoms with E-state index in [0.717, 1.165) is 48.1 Å². The predicted octanol–water partition coefficient (Wildman–Crippen LogP) is 5.22. The van der Waals surface area contributed by atoms with Crippen LogP contribution in [0.2, 0.25) is 0 Å². The summed E-state index contributed by atoms with van der Waals surface area (Å²) in [5.74, 6) is 1.33. The maximum absolute atomic E-state index is 15.0. The number of fused-ring (bicyclic) bond motifs is 1. The van der Waals surface area contributed by atoms with E-state index in [2.05, 4.69) is 41.3 Å². The zero-order chi connectivity index (χ0) is 25.2. The lowest BCUT2D eigenvalue weighted by Gasteiger charge is -2.32. The highest BCUT2D eigenvalue weighted by Gasteiger charge is 2.25. The van der Waals surface area contributed by atoms with Gasteiger partial charge in [-0.25, -0.2) is 14.2 Å². The van der Waals surface area contributed by atoms with Crippen molar-refractivity contribution in [2.24, 2.45) is 11.7 Å². The molecule has 36 heavy (non-hydrogen) atoms. The first-order valence-electron chi connectivity index (χ1n) is 12.9. The highest BCUT2D eigenvalue weighted by molar-refractivity contribution is 5.81. The number of nitrogens with zero attached hydrogens (tertiary/aromatic N) is 4. The number of benzene rings is 1. The molecule has 2 amide bonds. The number of rotatable bonds is 5. The van der Waals surface area contributed by atoms with E-state index in [-0.39, 0.29) is 11.7 Å². The van der Waals surface area contributed by atoms with Crippen LogP contribution in [0.1, 0.15) is 55.7 Å². The first-order valence-corrected chi connectivity index (χ1v) is 12.9. The molecular formula is C28H35FN6O. The van der Waals surface area contributed by atoms with Crippen molar-refractivity contribution in [2.75, 3.05) is 38.5 Å². The summed E-state index contributed by atoms with van der Waals surface area (Å²) in [7, 11) is 2.18. The number of pyridine rings is 2. The van der Waals surface area contributed by atoms with Gasteiger partial charge in [-0.15, -0.1) is 0 Å². The van der Waals surface area contributed by atoms with E-state index >= 15 is 4.39 Å². The molecule has 2 aliphatic rings. The van der Waals surface area contributed by atoms with Gasteiger partial charge in [0.1, 0.15) is 11.6 Å². The Hall–Kier alpha value is -3.26. The SMILES string of the molecule is C[C@@H](c1ccc2cnc(Nc3ccc([C@H]4CCCN(C(N)=O)C4)cc3F)cc2n1)C1CCN(C)CC1. The number of anilines is 2. The monoisotopic (exact) mass is 490 g/mol. The number of carbonyl (C=O) groups excluding carboxylic acids is 1. The van der Waals surface area contributed by atoms with E-state index < -0.39 is 6.03 Å². The molecular weight excluding hydrogens is 455 g/mol. The second kappa shape index (κ2) is 10.4. The van der Waals surface area contributed by atoms with Gasteiger partial charge in [0.2, 0.25) is 0 Å². The molecule has 0 saturated carbocycles. The molecule has 3 aromatic rings. The highest BCUT2D eigenvalue weighted by atomic mass is 19.1. The number of nitrogens with one attached hydrogen (secondary N) is 1. The minimum absolute atomic E-state index is 0.0859. The molecule has 1 aromatic carbocycles. The average molecular weight is 491 g/mol. The van der Waals surface area contributed by atoms with Crippen LogP contribution in [0.5, 0.6) is 0 Å². The number of nitrogens with two attached hydrogens (primary N) is 1. The van der Waals surface area contributed by atoms with Crippen molar-refractivity contribution in [1.82, 2.24) is 19.8 Å². The number of halogens is 1. The fraction of sp³-hybridized carbons (Fsp3) is 0.464. The van der Waals surface area contributed by atoms with E-state index in [1.165, 1.54) is 12.8 Å². The van der Waals surface area contributed by atoms with Crippen LogP contribution in [-0.2, 0) is 0 Å². The Labute approximate surface area is 211 Å². The van der Waals surface area contributed by atoms with Gasteiger partial charge >= 0.3 is 6.03 Å². The fourth-order valence-corrected chi connectivity index (χ4v) is 5.60. The van der Waals surface area contributed by atoms with Crippen molar-refractivity contribution in [2.45, 2.75) is 44.4 Å². The molecule has 0 bridgehead atoms. The average Bonchev–Trinajstić information content (AvgIpc) is 2.89. The largest absolute Gasteiger partial charge is 0.351 e. The third-order valence-electron chi connectivity index (χ3n) is 7.99. The molecule has 190 valence electrons. The second-order valence-electron chi connectivity index (χ2n) is 10.4. The Balaban J connectivity index is 1.31. The quantitative estimate of drug-likeness (QED) is 0.512. The van der Waals surface area contributed by atoms with Crippen LogP contribution in [0.3, 0.4) is 0 Å².